The van der Waals surface area contributed by atoms with Gasteiger partial charge in [0.2, 0.25) is 5.91 Å². The van der Waals surface area contributed by atoms with E-state index in [1.165, 1.54) is 0 Å². The second kappa shape index (κ2) is 7.53. The number of nitriles is 1. The fourth-order valence-electron chi connectivity index (χ4n) is 1.93. The van der Waals surface area contributed by atoms with E-state index in [0.717, 1.165) is 12.0 Å². The van der Waals surface area contributed by atoms with Crippen LogP contribution in [0.2, 0.25) is 0 Å². The first kappa shape index (κ1) is 16.8. The number of benzene rings is 1. The fraction of sp³-hybridized carbons (Fsp3) is 0.500. The zero-order chi connectivity index (χ0) is 15.9. The van der Waals surface area contributed by atoms with Gasteiger partial charge in [-0.15, -0.1) is 0 Å². The molecule has 0 aliphatic heterocycles. The summed E-state index contributed by atoms with van der Waals surface area (Å²) in [6, 6.07) is 7.77. The van der Waals surface area contributed by atoms with Crippen molar-refractivity contribution in [2.24, 2.45) is 0 Å². The van der Waals surface area contributed by atoms with Gasteiger partial charge < -0.3 is 14.8 Å². The van der Waals surface area contributed by atoms with Gasteiger partial charge in [-0.3, -0.25) is 4.79 Å². The van der Waals surface area contributed by atoms with Crippen molar-refractivity contribution < 1.29 is 14.3 Å². The molecule has 0 saturated heterocycles. The van der Waals surface area contributed by atoms with Gasteiger partial charge in [-0.05, 0) is 44.4 Å². The molecule has 0 spiro atoms. The number of carbonyl (C=O) groups excluding carboxylic acids is 1. The molecule has 0 bridgehead atoms. The standard InChI is InChI=1S/C16H22N2O3/c1-16(2,11-17)18-15(19)7-5-6-12-8-9-13(20-3)14(10-12)21-4/h8-10H,5-7H2,1-4H3,(H,18,19). The molecule has 0 saturated carbocycles. The molecule has 0 aliphatic rings. The van der Waals surface area contributed by atoms with E-state index in [4.69, 9.17) is 14.7 Å². The highest BCUT2D eigenvalue weighted by atomic mass is 16.5. The van der Waals surface area contributed by atoms with E-state index in [-0.39, 0.29) is 5.91 Å². The lowest BCUT2D eigenvalue weighted by Gasteiger charge is -2.17. The summed E-state index contributed by atoms with van der Waals surface area (Å²) in [5, 5.41) is 11.6. The van der Waals surface area contributed by atoms with E-state index in [0.29, 0.717) is 24.3 Å². The Morgan fingerprint density at radius 3 is 2.52 bits per heavy atom. The van der Waals surface area contributed by atoms with Gasteiger partial charge in [0, 0.05) is 6.42 Å². The van der Waals surface area contributed by atoms with Crippen LogP contribution in [0, 0.1) is 11.3 Å². The molecular formula is C16H22N2O3. The Balaban J connectivity index is 2.50. The van der Waals surface area contributed by atoms with Crippen molar-refractivity contribution in [1.29, 1.82) is 5.26 Å². The average Bonchev–Trinajstić information content (AvgIpc) is 2.46. The second-order valence-electron chi connectivity index (χ2n) is 5.33. The van der Waals surface area contributed by atoms with E-state index in [1.54, 1.807) is 28.1 Å². The molecular weight excluding hydrogens is 268 g/mol. The summed E-state index contributed by atoms with van der Waals surface area (Å²) in [5.41, 5.74) is 0.264. The molecule has 0 aliphatic carbocycles. The van der Waals surface area contributed by atoms with Crippen LogP contribution in [-0.4, -0.2) is 25.7 Å². The van der Waals surface area contributed by atoms with E-state index in [9.17, 15) is 4.79 Å². The van der Waals surface area contributed by atoms with Gasteiger partial charge >= 0.3 is 0 Å². The number of nitrogens with one attached hydrogen (secondary N) is 1. The molecule has 21 heavy (non-hydrogen) atoms. The Morgan fingerprint density at radius 1 is 1.29 bits per heavy atom. The molecule has 1 amide bonds. The summed E-state index contributed by atoms with van der Waals surface area (Å²) in [7, 11) is 3.19. The van der Waals surface area contributed by atoms with Crippen molar-refractivity contribution in [3.63, 3.8) is 0 Å². The van der Waals surface area contributed by atoms with Crippen molar-refractivity contribution >= 4 is 5.91 Å². The third-order valence-corrected chi connectivity index (χ3v) is 3.05. The molecule has 1 aromatic rings. The molecule has 1 aromatic carbocycles. The lowest BCUT2D eigenvalue weighted by molar-refractivity contribution is -0.122. The fourth-order valence-corrected chi connectivity index (χ4v) is 1.93. The Morgan fingerprint density at radius 2 is 1.95 bits per heavy atom. The van der Waals surface area contributed by atoms with E-state index >= 15 is 0 Å². The minimum atomic E-state index is -0.819. The molecule has 0 fully saturated rings. The van der Waals surface area contributed by atoms with Gasteiger partial charge in [0.25, 0.3) is 0 Å². The van der Waals surface area contributed by atoms with E-state index in [1.807, 2.05) is 24.3 Å². The van der Waals surface area contributed by atoms with Gasteiger partial charge in [-0.25, -0.2) is 0 Å². The minimum Gasteiger partial charge on any atom is -0.493 e. The Hall–Kier alpha value is -2.22. The number of hydrogen-bond donors (Lipinski definition) is 1. The van der Waals surface area contributed by atoms with Crippen LogP contribution in [0.25, 0.3) is 0 Å². The first-order valence-electron chi connectivity index (χ1n) is 6.85. The molecule has 5 nitrogen and oxygen atoms in total. The van der Waals surface area contributed by atoms with Gasteiger partial charge in [-0.2, -0.15) is 5.26 Å². The maximum atomic E-state index is 11.7. The molecule has 1 rings (SSSR count). The number of amides is 1. The zero-order valence-electron chi connectivity index (χ0n) is 13.0. The summed E-state index contributed by atoms with van der Waals surface area (Å²) in [6.45, 7) is 3.36. The largest absolute Gasteiger partial charge is 0.493 e. The Kier molecular flexibility index (Phi) is 6.04. The molecule has 0 unspecified atom stereocenters. The quantitative estimate of drug-likeness (QED) is 0.837. The summed E-state index contributed by atoms with van der Waals surface area (Å²) in [6.07, 6.45) is 1.86. The van der Waals surface area contributed by atoms with Gasteiger partial charge in [-0.1, -0.05) is 6.07 Å². The van der Waals surface area contributed by atoms with E-state index in [2.05, 4.69) is 5.32 Å². The number of hydrogen-bond acceptors (Lipinski definition) is 4. The number of nitrogens with zero attached hydrogens (tertiary/aromatic N) is 1. The van der Waals surface area contributed by atoms with Crippen molar-refractivity contribution in [1.82, 2.24) is 5.32 Å². The molecule has 114 valence electrons. The van der Waals surface area contributed by atoms with Crippen LogP contribution in [0.4, 0.5) is 0 Å². The number of rotatable bonds is 7. The summed E-state index contributed by atoms with van der Waals surface area (Å²) < 4.78 is 10.4. The third kappa shape index (κ3) is 5.35. The topological polar surface area (TPSA) is 71.3 Å². The lowest BCUT2D eigenvalue weighted by Crippen LogP contribution is -2.41. The van der Waals surface area contributed by atoms with Gasteiger partial charge in [0.05, 0.1) is 20.3 Å². The Labute approximate surface area is 125 Å². The van der Waals surface area contributed by atoms with Crippen LogP contribution in [0.5, 0.6) is 11.5 Å². The molecule has 1 N–H and O–H groups in total. The summed E-state index contributed by atoms with van der Waals surface area (Å²) >= 11 is 0. The Bertz CT molecular complexity index is 533. The molecule has 5 heteroatoms. The maximum absolute atomic E-state index is 11.7. The number of ether oxygens (including phenoxy) is 2. The maximum Gasteiger partial charge on any atom is 0.221 e. The molecule has 0 atom stereocenters. The van der Waals surface area contributed by atoms with Crippen LogP contribution < -0.4 is 14.8 Å². The van der Waals surface area contributed by atoms with Crippen molar-refractivity contribution in [3.8, 4) is 17.6 Å². The highest BCUT2D eigenvalue weighted by molar-refractivity contribution is 5.77. The smallest absolute Gasteiger partial charge is 0.221 e. The first-order valence-corrected chi connectivity index (χ1v) is 6.85. The first-order chi connectivity index (χ1) is 9.91. The monoisotopic (exact) mass is 290 g/mol. The van der Waals surface area contributed by atoms with Crippen molar-refractivity contribution in [3.05, 3.63) is 23.8 Å². The normalized spacial score (nSPS) is 10.6. The molecule has 0 aromatic heterocycles. The average molecular weight is 290 g/mol. The second-order valence-corrected chi connectivity index (χ2v) is 5.33. The zero-order valence-corrected chi connectivity index (χ0v) is 13.0. The predicted octanol–water partition coefficient (Wildman–Crippen LogP) is 2.44. The van der Waals surface area contributed by atoms with Crippen molar-refractivity contribution in [2.75, 3.05) is 14.2 Å². The van der Waals surface area contributed by atoms with Gasteiger partial charge in [0.15, 0.2) is 11.5 Å². The lowest BCUT2D eigenvalue weighted by atomic mass is 10.1. The molecule has 0 heterocycles. The highest BCUT2D eigenvalue weighted by Crippen LogP contribution is 2.28. The van der Waals surface area contributed by atoms with Crippen LogP contribution in [-0.2, 0) is 11.2 Å². The number of aryl methyl sites for hydroxylation is 1. The summed E-state index contributed by atoms with van der Waals surface area (Å²) in [4.78, 5) is 11.7. The van der Waals surface area contributed by atoms with Crippen LogP contribution in [0.1, 0.15) is 32.3 Å². The van der Waals surface area contributed by atoms with Crippen LogP contribution in [0.3, 0.4) is 0 Å². The highest BCUT2D eigenvalue weighted by Gasteiger charge is 2.18. The van der Waals surface area contributed by atoms with Gasteiger partial charge in [0.1, 0.15) is 5.54 Å². The predicted molar refractivity (Wildman–Crippen MR) is 80.3 cm³/mol. The SMILES string of the molecule is COc1ccc(CCCC(=O)NC(C)(C)C#N)cc1OC. The minimum absolute atomic E-state index is 0.109. The van der Waals surface area contributed by atoms with Crippen molar-refractivity contribution in [2.45, 2.75) is 38.6 Å². The number of methoxy groups -OCH3 is 2. The molecule has 0 radical (unpaired) electrons. The number of carbonyl (C=O) groups is 1. The summed E-state index contributed by atoms with van der Waals surface area (Å²) in [5.74, 6) is 1.27. The van der Waals surface area contributed by atoms with Crippen LogP contribution >= 0.6 is 0 Å². The van der Waals surface area contributed by atoms with E-state index < -0.39 is 5.54 Å². The third-order valence-electron chi connectivity index (χ3n) is 3.05. The van der Waals surface area contributed by atoms with Crippen LogP contribution in [0.15, 0.2) is 18.2 Å².